The summed E-state index contributed by atoms with van der Waals surface area (Å²) in [6.07, 6.45) is -3.02. The Bertz CT molecular complexity index is 1850. The smallest absolute Gasteiger partial charge is 0.338 e. The summed E-state index contributed by atoms with van der Waals surface area (Å²) in [5.41, 5.74) is -6.16. The highest BCUT2D eigenvalue weighted by Crippen LogP contribution is 2.71. The zero-order valence-corrected chi connectivity index (χ0v) is 39.5. The molecule has 1 aromatic carbocycles. The second-order valence-corrected chi connectivity index (χ2v) is 20.5. The van der Waals surface area contributed by atoms with Crippen molar-refractivity contribution in [2.45, 2.75) is 215 Å². The van der Waals surface area contributed by atoms with Crippen LogP contribution in [0.15, 0.2) is 42.0 Å². The van der Waals surface area contributed by atoms with Crippen LogP contribution in [0.25, 0.3) is 0 Å². The minimum absolute atomic E-state index is 0.0238. The Balaban J connectivity index is 0.923. The van der Waals surface area contributed by atoms with Crippen molar-refractivity contribution in [1.29, 1.82) is 0 Å². The SMILES string of the molecule is CO[C@H]1C[C@H](O[C@H]2CC[C@@]3(C)C(=CC[C@]4(O)[C@@H]3C[C@@H](OC(=O)c3ccccc3)[C@@]3(C)[C@]4(O)CC[C@@]3(O)[C@H](C)O)C2)O[C@H](C)[C@H]1O[C@H]1C[C@H](OC)[C@H](O[C@H]2C[C@@H](OC)[C@H](O)[C@@H](C)O2)[C@@H](C)O1. The number of methoxy groups -OCH3 is 3. The van der Waals surface area contributed by atoms with Crippen molar-refractivity contribution in [3.63, 3.8) is 0 Å². The van der Waals surface area contributed by atoms with Gasteiger partial charge in [0.05, 0.1) is 59.8 Å². The number of ether oxygens (including phenoxy) is 10. The maximum atomic E-state index is 13.7. The minimum atomic E-state index is -1.89. The lowest BCUT2D eigenvalue weighted by atomic mass is 9.42. The Labute approximate surface area is 383 Å². The summed E-state index contributed by atoms with van der Waals surface area (Å²) < 4.78 is 62.3. The van der Waals surface area contributed by atoms with E-state index in [1.807, 2.05) is 19.9 Å². The lowest BCUT2D eigenvalue weighted by molar-refractivity contribution is -0.339. The van der Waals surface area contributed by atoms with E-state index in [2.05, 4.69) is 6.92 Å². The van der Waals surface area contributed by atoms with Crippen LogP contribution in [0.2, 0.25) is 0 Å². The number of hydrogen-bond acceptors (Lipinski definition) is 16. The summed E-state index contributed by atoms with van der Waals surface area (Å²) in [4.78, 5) is 13.7. The summed E-state index contributed by atoms with van der Waals surface area (Å²) >= 11 is 0. The van der Waals surface area contributed by atoms with E-state index in [1.165, 1.54) is 6.92 Å². The molecule has 0 unspecified atom stereocenters. The Morgan fingerprint density at radius 1 is 0.754 bits per heavy atom. The number of benzene rings is 1. The van der Waals surface area contributed by atoms with Crippen LogP contribution in [0.5, 0.6) is 0 Å². The topological polar surface area (TPSA) is 211 Å². The maximum Gasteiger partial charge on any atom is 0.338 e. The molecule has 6 fully saturated rings. The van der Waals surface area contributed by atoms with E-state index in [1.54, 1.807) is 65.5 Å². The molecule has 3 aliphatic heterocycles. The Kier molecular flexibility index (Phi) is 14.1. The van der Waals surface area contributed by atoms with Crippen LogP contribution in [0.3, 0.4) is 0 Å². The van der Waals surface area contributed by atoms with Gasteiger partial charge in [-0.3, -0.25) is 0 Å². The predicted octanol–water partition coefficient (Wildman–Crippen LogP) is 4.09. The molecule has 16 nitrogen and oxygen atoms in total. The van der Waals surface area contributed by atoms with Gasteiger partial charge in [-0.1, -0.05) is 43.7 Å². The Morgan fingerprint density at radius 2 is 1.31 bits per heavy atom. The van der Waals surface area contributed by atoms with Crippen molar-refractivity contribution in [1.82, 2.24) is 0 Å². The van der Waals surface area contributed by atoms with Crippen molar-refractivity contribution in [3.8, 4) is 0 Å². The number of aliphatic hydroxyl groups excluding tert-OH is 2. The molecule has 0 aromatic heterocycles. The third-order valence-electron chi connectivity index (χ3n) is 17.3. The summed E-state index contributed by atoms with van der Waals surface area (Å²) in [7, 11) is 4.85. The second-order valence-electron chi connectivity index (χ2n) is 20.5. The first-order valence-electron chi connectivity index (χ1n) is 23.8. The number of carbonyl (C=O) groups is 1. The lowest BCUT2D eigenvalue weighted by Gasteiger charge is -2.67. The van der Waals surface area contributed by atoms with Crippen LogP contribution in [-0.4, -0.2) is 162 Å². The first-order chi connectivity index (χ1) is 30.8. The largest absolute Gasteiger partial charge is 0.458 e. The maximum absolute atomic E-state index is 13.7. The van der Waals surface area contributed by atoms with Crippen molar-refractivity contribution in [3.05, 3.63) is 47.5 Å². The van der Waals surface area contributed by atoms with E-state index >= 15 is 0 Å². The zero-order valence-electron chi connectivity index (χ0n) is 39.5. The van der Waals surface area contributed by atoms with Gasteiger partial charge in [-0.25, -0.2) is 4.79 Å². The van der Waals surface area contributed by atoms with Gasteiger partial charge in [-0.2, -0.15) is 0 Å². The van der Waals surface area contributed by atoms with Gasteiger partial charge < -0.3 is 72.9 Å². The summed E-state index contributed by atoms with van der Waals surface area (Å²) in [6, 6.07) is 8.60. The van der Waals surface area contributed by atoms with Gasteiger partial charge in [0.2, 0.25) is 0 Å². The van der Waals surface area contributed by atoms with Gasteiger partial charge in [0.15, 0.2) is 18.9 Å². The average Bonchev–Trinajstić information content (AvgIpc) is 3.51. The van der Waals surface area contributed by atoms with Gasteiger partial charge in [-0.15, -0.1) is 0 Å². The fraction of sp³-hybridized carbons (Fsp3) is 0.816. The van der Waals surface area contributed by atoms with Crippen molar-refractivity contribution >= 4 is 5.97 Å². The van der Waals surface area contributed by atoms with E-state index in [9.17, 15) is 30.3 Å². The first kappa shape index (κ1) is 49.3. The quantitative estimate of drug-likeness (QED) is 0.148. The Hall–Kier alpha value is -2.13. The minimum Gasteiger partial charge on any atom is -0.458 e. The zero-order chi connectivity index (χ0) is 46.9. The van der Waals surface area contributed by atoms with Crippen LogP contribution in [0, 0.1) is 16.7 Å². The summed E-state index contributed by atoms with van der Waals surface area (Å²) in [5.74, 6) is -1.13. The summed E-state index contributed by atoms with van der Waals surface area (Å²) in [6.45, 7) is 10.9. The fourth-order valence-corrected chi connectivity index (χ4v) is 13.3. The monoisotopic (exact) mass is 918 g/mol. The molecule has 0 amide bonds. The third kappa shape index (κ3) is 8.26. The highest BCUT2D eigenvalue weighted by atomic mass is 16.7. The number of aliphatic hydroxyl groups is 5. The van der Waals surface area contributed by atoms with Crippen LogP contribution in [0.4, 0.5) is 0 Å². The second kappa shape index (κ2) is 18.6. The highest BCUT2D eigenvalue weighted by molar-refractivity contribution is 5.89. The lowest BCUT2D eigenvalue weighted by Crippen LogP contribution is -2.78. The third-order valence-corrected chi connectivity index (χ3v) is 17.3. The van der Waals surface area contributed by atoms with Crippen LogP contribution in [-0.2, 0) is 47.4 Å². The molecule has 65 heavy (non-hydrogen) atoms. The van der Waals surface area contributed by atoms with Crippen molar-refractivity contribution in [2.24, 2.45) is 16.7 Å². The van der Waals surface area contributed by atoms with Crippen molar-refractivity contribution in [2.75, 3.05) is 21.3 Å². The van der Waals surface area contributed by atoms with Crippen molar-refractivity contribution < 1.29 is 77.7 Å². The number of fused-ring (bicyclic) bond motifs is 5. The van der Waals surface area contributed by atoms with E-state index in [-0.39, 0.29) is 44.0 Å². The number of esters is 1. The molecule has 4 aliphatic carbocycles. The number of rotatable bonds is 12. The Morgan fingerprint density at radius 3 is 1.88 bits per heavy atom. The standard InChI is InChI=1S/C49H74O16/c1-26-41(51)33(56-7)22-39(59-26)64-43-28(3)61-40(24-35(43)58-9)65-42-27(2)60-38(23-34(42)57-8)62-32-16-17-45(5)31(21-32)15-18-48(54)36(45)25-37(63-44(52)30-13-11-10-12-14-30)46(6)47(53,29(4)50)19-20-49(46,48)55/h10-15,26-29,32-43,50-51,53-55H,16-25H2,1-9H3/t26-,27-,28-,29+,32+,33-,34+,35+,36-,37-,38+,39+,40+,41-,42-,43-,45+,46-,47-,48+,49-/m1/s1. The molecule has 3 heterocycles. The molecule has 366 valence electrons. The highest BCUT2D eigenvalue weighted by Gasteiger charge is 2.81. The molecule has 0 spiro atoms. The molecule has 5 N–H and O–H groups in total. The molecule has 1 aromatic rings. The van der Waals surface area contributed by atoms with Crippen LogP contribution < -0.4 is 0 Å². The molecule has 16 heteroatoms. The average molecular weight is 919 g/mol. The molecular weight excluding hydrogens is 845 g/mol. The van der Waals surface area contributed by atoms with E-state index in [0.717, 1.165) is 5.57 Å². The number of carbonyl (C=O) groups excluding carboxylic acids is 1. The fourth-order valence-electron chi connectivity index (χ4n) is 13.3. The molecule has 7 aliphatic rings. The molecule has 21 atom stereocenters. The molecule has 8 rings (SSSR count). The van der Waals surface area contributed by atoms with Crippen LogP contribution in [0.1, 0.15) is 116 Å². The predicted molar refractivity (Wildman–Crippen MR) is 232 cm³/mol. The van der Waals surface area contributed by atoms with Gasteiger partial charge in [0.1, 0.15) is 41.2 Å². The molecule has 0 radical (unpaired) electrons. The van der Waals surface area contributed by atoms with Gasteiger partial charge in [0, 0.05) is 46.5 Å². The first-order valence-corrected chi connectivity index (χ1v) is 23.8. The van der Waals surface area contributed by atoms with E-state index in [4.69, 9.17) is 47.4 Å². The van der Waals surface area contributed by atoms with Gasteiger partial charge >= 0.3 is 5.97 Å². The van der Waals surface area contributed by atoms with E-state index < -0.39 is 113 Å². The number of hydrogen-bond donors (Lipinski definition) is 5. The molecular formula is C49H74O16. The van der Waals surface area contributed by atoms with Gasteiger partial charge in [0.25, 0.3) is 0 Å². The van der Waals surface area contributed by atoms with Crippen LogP contribution >= 0.6 is 0 Å². The summed E-state index contributed by atoms with van der Waals surface area (Å²) in [5, 5.41) is 59.6. The molecule has 3 saturated carbocycles. The van der Waals surface area contributed by atoms with Gasteiger partial charge in [-0.05, 0) is 90.2 Å². The molecule has 0 bridgehead atoms. The normalized spacial score (nSPS) is 49.2. The molecule has 3 saturated heterocycles. The van der Waals surface area contributed by atoms with E-state index in [0.29, 0.717) is 44.1 Å².